The fraction of sp³-hybridized carbons (Fsp3) is 0.967. The van der Waals surface area contributed by atoms with Gasteiger partial charge in [0.15, 0.2) is 0 Å². The first-order chi connectivity index (χ1) is 17.1. The number of hydrogen-bond acceptors (Lipinski definition) is 5. The minimum atomic E-state index is 0.0284. The molecule has 0 aliphatic rings. The minimum Gasteiger partial charge on any atom is -0.462 e. The van der Waals surface area contributed by atoms with Crippen LogP contribution in [0.4, 0.5) is 0 Å². The van der Waals surface area contributed by atoms with E-state index in [1.807, 2.05) is 7.05 Å². The Hall–Kier alpha value is -0.650. The molecule has 5 nitrogen and oxygen atoms in total. The molecule has 35 heavy (non-hydrogen) atoms. The summed E-state index contributed by atoms with van der Waals surface area (Å²) in [5, 5.41) is 12.4. The number of carbonyl (C=O) groups is 1. The Morgan fingerprint density at radius 1 is 0.714 bits per heavy atom. The Kier molecular flexibility index (Phi) is 27.4. The van der Waals surface area contributed by atoms with Gasteiger partial charge in [-0.15, -0.1) is 0 Å². The molecule has 0 aromatic heterocycles. The highest BCUT2D eigenvalue weighted by atomic mass is 16.5. The van der Waals surface area contributed by atoms with Crippen LogP contribution in [-0.4, -0.2) is 61.9 Å². The molecule has 0 aliphatic heterocycles. The van der Waals surface area contributed by atoms with Crippen LogP contribution in [0.3, 0.4) is 0 Å². The summed E-state index contributed by atoms with van der Waals surface area (Å²) in [6, 6.07) is 0. The molecule has 0 saturated carbocycles. The lowest BCUT2D eigenvalue weighted by Gasteiger charge is -2.18. The molecule has 0 rings (SSSR count). The van der Waals surface area contributed by atoms with E-state index in [1.54, 1.807) is 0 Å². The molecular weight excluding hydrogens is 436 g/mol. The van der Waals surface area contributed by atoms with Crippen LogP contribution in [0.5, 0.6) is 0 Å². The molecule has 0 fully saturated rings. The summed E-state index contributed by atoms with van der Waals surface area (Å²) in [6.07, 6.45) is 24.0. The van der Waals surface area contributed by atoms with Gasteiger partial charge in [-0.1, -0.05) is 97.3 Å². The van der Waals surface area contributed by atoms with Crippen molar-refractivity contribution < 1.29 is 14.6 Å². The molecule has 0 heterocycles. The first kappa shape index (κ1) is 34.4. The maximum Gasteiger partial charge on any atom is 0.306 e. The lowest BCUT2D eigenvalue weighted by Crippen LogP contribution is -2.31. The second-order valence-corrected chi connectivity index (χ2v) is 10.5. The van der Waals surface area contributed by atoms with Gasteiger partial charge in [-0.3, -0.25) is 4.79 Å². The van der Waals surface area contributed by atoms with Crippen LogP contribution < -0.4 is 5.32 Å². The van der Waals surface area contributed by atoms with Crippen LogP contribution in [-0.2, 0) is 9.53 Å². The number of aliphatic hydroxyl groups excluding tert-OH is 1. The van der Waals surface area contributed by atoms with Crippen LogP contribution >= 0.6 is 0 Å². The third-order valence-electron chi connectivity index (χ3n) is 6.94. The molecule has 0 aromatic carbocycles. The second kappa shape index (κ2) is 27.9. The summed E-state index contributed by atoms with van der Waals surface area (Å²) in [7, 11) is 2.04. The first-order valence-electron chi connectivity index (χ1n) is 15.3. The Morgan fingerprint density at radius 3 is 1.80 bits per heavy atom. The van der Waals surface area contributed by atoms with E-state index < -0.39 is 0 Å². The maximum atomic E-state index is 12.5. The van der Waals surface area contributed by atoms with Crippen molar-refractivity contribution in [2.75, 3.05) is 39.8 Å². The second-order valence-electron chi connectivity index (χ2n) is 10.5. The zero-order valence-corrected chi connectivity index (χ0v) is 24.0. The van der Waals surface area contributed by atoms with Gasteiger partial charge < -0.3 is 20.1 Å². The number of rotatable bonds is 28. The van der Waals surface area contributed by atoms with E-state index in [2.05, 4.69) is 24.1 Å². The van der Waals surface area contributed by atoms with E-state index in [-0.39, 0.29) is 18.7 Å². The van der Waals surface area contributed by atoms with Crippen LogP contribution in [0.15, 0.2) is 0 Å². The van der Waals surface area contributed by atoms with Crippen molar-refractivity contribution in [2.45, 2.75) is 148 Å². The largest absolute Gasteiger partial charge is 0.462 e. The molecule has 0 bridgehead atoms. The smallest absolute Gasteiger partial charge is 0.306 e. The predicted molar refractivity (Wildman–Crippen MR) is 151 cm³/mol. The summed E-state index contributed by atoms with van der Waals surface area (Å²) in [4.78, 5) is 14.6. The third kappa shape index (κ3) is 26.2. The number of unbranched alkanes of at least 4 members (excludes halogenated alkanes) is 14. The van der Waals surface area contributed by atoms with Crippen LogP contribution in [0.1, 0.15) is 142 Å². The van der Waals surface area contributed by atoms with E-state index >= 15 is 0 Å². The Labute approximate surface area is 219 Å². The average Bonchev–Trinajstić information content (AvgIpc) is 2.84. The van der Waals surface area contributed by atoms with E-state index in [0.717, 1.165) is 51.9 Å². The topological polar surface area (TPSA) is 61.8 Å². The van der Waals surface area contributed by atoms with Crippen molar-refractivity contribution in [2.24, 2.45) is 0 Å². The third-order valence-corrected chi connectivity index (χ3v) is 6.94. The number of nitrogens with one attached hydrogen (secondary N) is 1. The van der Waals surface area contributed by atoms with Gasteiger partial charge in [-0.25, -0.2) is 0 Å². The molecule has 0 atom stereocenters. The monoisotopic (exact) mass is 498 g/mol. The number of nitrogens with zero attached hydrogens (tertiary/aromatic N) is 1. The summed E-state index contributed by atoms with van der Waals surface area (Å²) < 4.78 is 5.95. The van der Waals surface area contributed by atoms with Crippen molar-refractivity contribution in [3.63, 3.8) is 0 Å². The minimum absolute atomic E-state index is 0.0284. The quantitative estimate of drug-likeness (QED) is 0.0878. The molecule has 0 aromatic rings. The molecule has 0 radical (unpaired) electrons. The number of aliphatic hydroxyl groups is 1. The molecule has 0 saturated heterocycles. The molecule has 5 heteroatoms. The molecule has 2 N–H and O–H groups in total. The molecule has 0 amide bonds. The molecule has 210 valence electrons. The van der Waals surface area contributed by atoms with Gasteiger partial charge >= 0.3 is 5.97 Å². The Balaban J connectivity index is 3.88. The van der Waals surface area contributed by atoms with Crippen molar-refractivity contribution in [1.29, 1.82) is 0 Å². The summed E-state index contributed by atoms with van der Waals surface area (Å²) >= 11 is 0. The summed E-state index contributed by atoms with van der Waals surface area (Å²) in [5.74, 6) is 0.0284. The number of esters is 1. The van der Waals surface area contributed by atoms with E-state index in [4.69, 9.17) is 9.84 Å². The van der Waals surface area contributed by atoms with Gasteiger partial charge in [-0.05, 0) is 52.1 Å². The first-order valence-corrected chi connectivity index (χ1v) is 15.3. The van der Waals surface area contributed by atoms with Crippen molar-refractivity contribution in [1.82, 2.24) is 10.2 Å². The predicted octanol–water partition coefficient (Wildman–Crippen LogP) is 7.25. The van der Waals surface area contributed by atoms with Crippen molar-refractivity contribution >= 4 is 5.97 Å². The number of carbonyl (C=O) groups excluding carboxylic acids is 1. The van der Waals surface area contributed by atoms with Gasteiger partial charge in [0.05, 0.1) is 6.61 Å². The van der Waals surface area contributed by atoms with E-state index in [0.29, 0.717) is 6.42 Å². The number of ether oxygens (including phenoxy) is 1. The van der Waals surface area contributed by atoms with Crippen LogP contribution in [0.2, 0.25) is 0 Å². The molecule has 0 spiro atoms. The van der Waals surface area contributed by atoms with Gasteiger partial charge in [0.2, 0.25) is 0 Å². The fourth-order valence-electron chi connectivity index (χ4n) is 4.54. The number of likely N-dealkylation sites (N-methyl/N-ethyl adjacent to an activating group) is 1. The highest BCUT2D eigenvalue weighted by Gasteiger charge is 2.14. The molecule has 0 unspecified atom stereocenters. The van der Waals surface area contributed by atoms with Crippen LogP contribution in [0, 0.1) is 0 Å². The normalized spacial score (nSPS) is 11.6. The van der Waals surface area contributed by atoms with Crippen molar-refractivity contribution in [3.05, 3.63) is 0 Å². The van der Waals surface area contributed by atoms with Crippen LogP contribution in [0.25, 0.3) is 0 Å². The van der Waals surface area contributed by atoms with Crippen molar-refractivity contribution in [3.8, 4) is 0 Å². The average molecular weight is 499 g/mol. The molecule has 0 aliphatic carbocycles. The summed E-state index contributed by atoms with van der Waals surface area (Å²) in [6.45, 7) is 8.48. The lowest BCUT2D eigenvalue weighted by molar-refractivity contribution is -0.150. The highest BCUT2D eigenvalue weighted by molar-refractivity contribution is 5.69. The molecular formula is C30H62N2O3. The summed E-state index contributed by atoms with van der Waals surface area (Å²) in [5.41, 5.74) is 0. The standard InChI is InChI=1S/C30H62N2O3/c1-4-6-8-10-13-17-21-29(22-18-14-11-9-7-5-2)35-30(34)23-19-15-12-16-20-24-31-25-26-32(3)27-28-33/h29,31,33H,4-28H2,1-3H3. The number of hydrogen-bond donors (Lipinski definition) is 2. The zero-order chi connectivity index (χ0) is 25.8. The zero-order valence-electron chi connectivity index (χ0n) is 24.0. The SMILES string of the molecule is CCCCCCCCC(CCCCCCCC)OC(=O)CCCCCCCNCCN(C)CCO. The van der Waals surface area contributed by atoms with Gasteiger partial charge in [-0.2, -0.15) is 0 Å². The van der Waals surface area contributed by atoms with Gasteiger partial charge in [0, 0.05) is 26.1 Å². The van der Waals surface area contributed by atoms with Gasteiger partial charge in [0.25, 0.3) is 0 Å². The fourth-order valence-corrected chi connectivity index (χ4v) is 4.54. The maximum absolute atomic E-state index is 12.5. The van der Waals surface area contributed by atoms with E-state index in [9.17, 15) is 4.79 Å². The van der Waals surface area contributed by atoms with Gasteiger partial charge in [0.1, 0.15) is 6.10 Å². The lowest BCUT2D eigenvalue weighted by atomic mass is 10.0. The Bertz CT molecular complexity index is 418. The highest BCUT2D eigenvalue weighted by Crippen LogP contribution is 2.18. The van der Waals surface area contributed by atoms with E-state index in [1.165, 1.54) is 96.3 Å². The Morgan fingerprint density at radius 2 is 1.23 bits per heavy atom.